The van der Waals surface area contributed by atoms with Gasteiger partial charge in [0.1, 0.15) is 0 Å². The van der Waals surface area contributed by atoms with Crippen molar-refractivity contribution < 1.29 is 4.57 Å². The molecule has 2 aliphatic rings. The molecule has 2 heterocycles. The first-order chi connectivity index (χ1) is 19.5. The van der Waals surface area contributed by atoms with Gasteiger partial charge in [-0.2, -0.15) is 0 Å². The Kier molecular flexibility index (Phi) is 13.2. The number of hydrogen-bond donors (Lipinski definition) is 0. The highest BCUT2D eigenvalue weighted by molar-refractivity contribution is 8.20. The first kappa shape index (κ1) is 31.9. The SMILES string of the molecule is ClP(Cl)Cl.ClP1[C@H](c2ccccc2)CC[C@H]1c1ccccc1.O=[P+]1[C@H](c2ccccc2)CC[C@H]1c1ccccc1. The molecule has 2 saturated heterocycles. The van der Waals surface area contributed by atoms with Crippen molar-refractivity contribution in [3.8, 4) is 0 Å². The fourth-order valence-corrected chi connectivity index (χ4v) is 11.1. The minimum absolute atomic E-state index is 0.242. The van der Waals surface area contributed by atoms with Gasteiger partial charge in [0.2, 0.25) is 0 Å². The van der Waals surface area contributed by atoms with Crippen LogP contribution in [0.1, 0.15) is 70.6 Å². The zero-order valence-electron chi connectivity index (χ0n) is 21.9. The van der Waals surface area contributed by atoms with Crippen LogP contribution < -0.4 is 0 Å². The van der Waals surface area contributed by atoms with E-state index in [-0.39, 0.29) is 11.3 Å². The van der Waals surface area contributed by atoms with Gasteiger partial charge in [-0.05, 0) is 24.0 Å². The maximum absolute atomic E-state index is 12.7. The molecule has 40 heavy (non-hydrogen) atoms. The summed E-state index contributed by atoms with van der Waals surface area (Å²) in [4.78, 5) is 0. The molecule has 208 valence electrons. The Balaban J connectivity index is 0.000000164. The lowest BCUT2D eigenvalue weighted by atomic mass is 10.0. The van der Waals surface area contributed by atoms with E-state index < -0.39 is 21.1 Å². The van der Waals surface area contributed by atoms with Crippen LogP contribution in [0.2, 0.25) is 0 Å². The number of rotatable bonds is 4. The van der Waals surface area contributed by atoms with E-state index in [0.29, 0.717) is 11.3 Å². The van der Waals surface area contributed by atoms with Crippen molar-refractivity contribution in [1.82, 2.24) is 0 Å². The first-order valence-electron chi connectivity index (χ1n) is 13.3. The van der Waals surface area contributed by atoms with Gasteiger partial charge in [0, 0.05) is 42.6 Å². The third-order valence-corrected chi connectivity index (χ3v) is 13.4. The highest BCUT2D eigenvalue weighted by atomic mass is 36.0. The summed E-state index contributed by atoms with van der Waals surface area (Å²) in [5, 5.41) is 0. The second-order valence-electron chi connectivity index (χ2n) is 9.76. The molecule has 1 nitrogen and oxygen atoms in total. The van der Waals surface area contributed by atoms with Crippen LogP contribution in [0.15, 0.2) is 121 Å². The molecule has 4 aromatic carbocycles. The summed E-state index contributed by atoms with van der Waals surface area (Å²) in [6.45, 7) is 0. The van der Waals surface area contributed by atoms with E-state index in [1.165, 1.54) is 35.1 Å². The smallest absolute Gasteiger partial charge is 0.0951 e. The van der Waals surface area contributed by atoms with Crippen LogP contribution in [0.4, 0.5) is 0 Å². The second-order valence-corrected chi connectivity index (χ2v) is 19.8. The topological polar surface area (TPSA) is 17.1 Å². The minimum Gasteiger partial charge on any atom is -0.0951 e. The minimum atomic E-state index is -1.20. The number of halogens is 4. The van der Waals surface area contributed by atoms with Crippen LogP contribution in [0.5, 0.6) is 0 Å². The molecule has 6 rings (SSSR count). The van der Waals surface area contributed by atoms with Crippen LogP contribution in [0, 0.1) is 0 Å². The van der Waals surface area contributed by atoms with Gasteiger partial charge in [0.25, 0.3) is 0 Å². The Morgan fingerprint density at radius 3 is 1.10 bits per heavy atom. The standard InChI is InChI=1S/C16H16ClP.C16H16OP.Cl3P/c2*17-18-15(13-7-3-1-4-8-13)11-12-16(18)14-9-5-2-6-10-14;1-4(2)3/h2*1-10,15-16H,11-12H2;/q;+1;/t2*15-,16-;/m00./s1. The molecular formula is C32H32Cl4OP3+. The Bertz CT molecular complexity index is 1200. The largest absolute Gasteiger partial charge is 0.354 e. The van der Waals surface area contributed by atoms with Crippen molar-refractivity contribution in [2.75, 3.05) is 0 Å². The molecule has 2 fully saturated rings. The number of benzene rings is 4. The third kappa shape index (κ3) is 9.00. The summed E-state index contributed by atoms with van der Waals surface area (Å²) in [5.74, 6) is -1.20. The lowest BCUT2D eigenvalue weighted by Crippen LogP contribution is -1.89. The molecule has 0 amide bonds. The molecule has 8 heteroatoms. The van der Waals surface area contributed by atoms with Crippen LogP contribution in [-0.2, 0) is 4.57 Å². The van der Waals surface area contributed by atoms with E-state index in [1.54, 1.807) is 0 Å². The van der Waals surface area contributed by atoms with Gasteiger partial charge in [-0.3, -0.25) is 0 Å². The molecule has 0 N–H and O–H groups in total. The van der Waals surface area contributed by atoms with Gasteiger partial charge in [-0.25, -0.2) is 0 Å². The lowest BCUT2D eigenvalue weighted by molar-refractivity contribution is 0.581. The molecule has 0 unspecified atom stereocenters. The first-order valence-corrected chi connectivity index (χ1v) is 21.2. The van der Waals surface area contributed by atoms with Gasteiger partial charge >= 0.3 is 7.80 Å². The van der Waals surface area contributed by atoms with Crippen molar-refractivity contribution in [2.45, 2.75) is 48.3 Å². The van der Waals surface area contributed by atoms with E-state index in [2.05, 4.69) is 84.9 Å². The van der Waals surface area contributed by atoms with Gasteiger partial charge in [0.05, 0.1) is 0 Å². The fourth-order valence-electron chi connectivity index (χ4n) is 5.51. The average molecular weight is 667 g/mol. The van der Waals surface area contributed by atoms with Gasteiger partial charge in [0.15, 0.2) is 17.3 Å². The quantitative estimate of drug-likeness (QED) is 0.198. The monoisotopic (exact) mass is 665 g/mol. The van der Waals surface area contributed by atoms with E-state index in [0.717, 1.165) is 12.8 Å². The molecule has 4 atom stereocenters. The Morgan fingerprint density at radius 1 is 0.525 bits per heavy atom. The van der Waals surface area contributed by atoms with Gasteiger partial charge in [-0.1, -0.05) is 171 Å². The molecule has 0 aromatic heterocycles. The molecule has 0 radical (unpaired) electrons. The normalized spacial score (nSPS) is 22.3. The summed E-state index contributed by atoms with van der Waals surface area (Å²) in [6, 6.07) is 42.1. The third-order valence-electron chi connectivity index (χ3n) is 7.37. The summed E-state index contributed by atoms with van der Waals surface area (Å²) in [5.41, 5.74) is 6.90. The van der Waals surface area contributed by atoms with Crippen molar-refractivity contribution in [3.05, 3.63) is 144 Å². The van der Waals surface area contributed by atoms with Crippen molar-refractivity contribution in [3.63, 3.8) is 0 Å². The van der Waals surface area contributed by atoms with Crippen LogP contribution in [-0.4, -0.2) is 0 Å². The van der Waals surface area contributed by atoms with E-state index in [1.807, 2.05) is 36.4 Å². The summed E-state index contributed by atoms with van der Waals surface area (Å²) in [7, 11) is -1.67. The van der Waals surface area contributed by atoms with Crippen molar-refractivity contribution in [1.29, 1.82) is 0 Å². The predicted octanol–water partition coefficient (Wildman–Crippen LogP) is 13.9. The van der Waals surface area contributed by atoms with Crippen LogP contribution in [0.25, 0.3) is 0 Å². The fraction of sp³-hybridized carbons (Fsp3) is 0.250. The highest BCUT2D eigenvalue weighted by Crippen LogP contribution is 2.73. The molecular weight excluding hydrogens is 635 g/mol. The highest BCUT2D eigenvalue weighted by Gasteiger charge is 2.47. The zero-order valence-corrected chi connectivity index (χ0v) is 27.7. The molecule has 0 saturated carbocycles. The summed E-state index contributed by atoms with van der Waals surface area (Å²) >= 11 is 21.4. The maximum Gasteiger partial charge on any atom is 0.354 e. The van der Waals surface area contributed by atoms with Gasteiger partial charge < -0.3 is 0 Å². The lowest BCUT2D eigenvalue weighted by Gasteiger charge is -2.19. The van der Waals surface area contributed by atoms with E-state index in [4.69, 9.17) is 45.0 Å². The molecule has 2 aliphatic heterocycles. The van der Waals surface area contributed by atoms with Crippen molar-refractivity contribution >= 4 is 66.0 Å². The zero-order chi connectivity index (χ0) is 28.3. The second kappa shape index (κ2) is 16.6. The Labute approximate surface area is 261 Å². The average Bonchev–Trinajstić information content (AvgIpc) is 3.57. The molecule has 0 aliphatic carbocycles. The van der Waals surface area contributed by atoms with Crippen molar-refractivity contribution in [2.24, 2.45) is 0 Å². The molecule has 4 aromatic rings. The molecule has 0 bridgehead atoms. The number of hydrogen-bond acceptors (Lipinski definition) is 1. The van der Waals surface area contributed by atoms with Crippen LogP contribution >= 0.6 is 66.0 Å². The Morgan fingerprint density at radius 2 is 0.800 bits per heavy atom. The predicted molar refractivity (Wildman–Crippen MR) is 180 cm³/mol. The summed E-state index contributed by atoms with van der Waals surface area (Å²) in [6.07, 6.45) is 4.52. The van der Waals surface area contributed by atoms with E-state index in [9.17, 15) is 4.57 Å². The Hall–Kier alpha value is -1.000. The van der Waals surface area contributed by atoms with E-state index >= 15 is 0 Å². The van der Waals surface area contributed by atoms with Crippen LogP contribution in [0.3, 0.4) is 0 Å². The maximum atomic E-state index is 12.7. The summed E-state index contributed by atoms with van der Waals surface area (Å²) < 4.78 is 12.7. The van der Waals surface area contributed by atoms with Gasteiger partial charge in [-0.15, -0.1) is 0 Å². The molecule has 0 spiro atoms.